The highest BCUT2D eigenvalue weighted by Crippen LogP contribution is 2.36. The fourth-order valence-corrected chi connectivity index (χ4v) is 3.75. The second-order valence-electron chi connectivity index (χ2n) is 7.85. The van der Waals surface area contributed by atoms with Gasteiger partial charge in [0, 0.05) is 41.3 Å². The molecule has 2 N–H and O–H groups in total. The van der Waals surface area contributed by atoms with Gasteiger partial charge in [0.2, 0.25) is 5.88 Å². The molecule has 0 radical (unpaired) electrons. The molecule has 2 aromatic carbocycles. The lowest BCUT2D eigenvalue weighted by Gasteiger charge is -2.13. The average molecular weight is 452 g/mol. The average Bonchev–Trinajstić information content (AvgIpc) is 3.32. The molecule has 1 aliphatic carbocycles. The number of benzene rings is 2. The molecule has 2 amide bonds. The molecule has 0 aliphatic heterocycles. The highest BCUT2D eigenvalue weighted by Gasteiger charge is 2.16. The number of amides is 2. The number of halogens is 1. The van der Waals surface area contributed by atoms with Crippen LogP contribution in [0.5, 0.6) is 11.6 Å². The molecule has 6 nitrogen and oxygen atoms in total. The van der Waals surface area contributed by atoms with E-state index in [0.29, 0.717) is 28.6 Å². The van der Waals surface area contributed by atoms with E-state index < -0.39 is 6.03 Å². The van der Waals surface area contributed by atoms with Crippen molar-refractivity contribution in [3.05, 3.63) is 102 Å². The molecule has 168 valence electrons. The predicted molar refractivity (Wildman–Crippen MR) is 131 cm³/mol. The Morgan fingerprint density at radius 3 is 2.56 bits per heavy atom. The SMILES string of the molecule is Cc1ccc(NC(=O)Nc2ccc(Oc3ncccc3-c3ccnc4c3C=CC4)cc2)cc1F. The van der Waals surface area contributed by atoms with Crippen LogP contribution in [0.25, 0.3) is 17.2 Å². The van der Waals surface area contributed by atoms with E-state index in [4.69, 9.17) is 4.74 Å². The molecule has 5 rings (SSSR count). The van der Waals surface area contributed by atoms with Crippen molar-refractivity contribution in [2.45, 2.75) is 13.3 Å². The first-order chi connectivity index (χ1) is 16.6. The number of anilines is 2. The van der Waals surface area contributed by atoms with E-state index in [1.807, 2.05) is 18.2 Å². The van der Waals surface area contributed by atoms with Gasteiger partial charge in [0.05, 0.1) is 5.69 Å². The lowest BCUT2D eigenvalue weighted by atomic mass is 10.0. The number of aryl methyl sites for hydroxylation is 1. The number of fused-ring (bicyclic) bond motifs is 1. The maximum absolute atomic E-state index is 13.7. The van der Waals surface area contributed by atoms with Crippen molar-refractivity contribution in [3.63, 3.8) is 0 Å². The Morgan fingerprint density at radius 1 is 0.941 bits per heavy atom. The van der Waals surface area contributed by atoms with E-state index in [0.717, 1.165) is 28.8 Å². The number of nitrogens with one attached hydrogen (secondary N) is 2. The van der Waals surface area contributed by atoms with Gasteiger partial charge in [-0.05, 0) is 72.6 Å². The summed E-state index contributed by atoms with van der Waals surface area (Å²) in [4.78, 5) is 21.1. The van der Waals surface area contributed by atoms with Crippen LogP contribution in [-0.2, 0) is 6.42 Å². The van der Waals surface area contributed by atoms with Crippen LogP contribution in [0.1, 0.15) is 16.8 Å². The first kappa shape index (κ1) is 21.3. The zero-order valence-corrected chi connectivity index (χ0v) is 18.4. The minimum atomic E-state index is -0.469. The van der Waals surface area contributed by atoms with E-state index in [-0.39, 0.29) is 5.82 Å². The van der Waals surface area contributed by atoms with Crippen molar-refractivity contribution in [2.24, 2.45) is 0 Å². The number of urea groups is 1. The van der Waals surface area contributed by atoms with Crippen LogP contribution >= 0.6 is 0 Å². The molecule has 0 unspecified atom stereocenters. The van der Waals surface area contributed by atoms with Gasteiger partial charge in [-0.2, -0.15) is 0 Å². The summed E-state index contributed by atoms with van der Waals surface area (Å²) < 4.78 is 19.8. The first-order valence-corrected chi connectivity index (χ1v) is 10.8. The van der Waals surface area contributed by atoms with Crippen LogP contribution in [0.2, 0.25) is 0 Å². The van der Waals surface area contributed by atoms with Crippen molar-refractivity contribution < 1.29 is 13.9 Å². The summed E-state index contributed by atoms with van der Waals surface area (Å²) in [5.41, 5.74) is 5.47. The van der Waals surface area contributed by atoms with Crippen molar-refractivity contribution in [1.29, 1.82) is 0 Å². The summed E-state index contributed by atoms with van der Waals surface area (Å²) in [5, 5.41) is 5.34. The summed E-state index contributed by atoms with van der Waals surface area (Å²) in [7, 11) is 0. The molecule has 34 heavy (non-hydrogen) atoms. The molecule has 0 saturated carbocycles. The maximum Gasteiger partial charge on any atom is 0.323 e. The standard InChI is InChI=1S/C27H21FN4O2/c1-17-7-8-19(16-24(17)28)32-27(33)31-18-9-11-20(12-10-18)34-26-23(5-3-14-30-26)21-13-15-29-25-6-2-4-22(21)25/h2-5,7-16H,6H2,1H3,(H2,31,32,33). The topological polar surface area (TPSA) is 76.1 Å². The minimum Gasteiger partial charge on any atom is -0.438 e. The molecule has 4 aromatic rings. The van der Waals surface area contributed by atoms with Crippen molar-refractivity contribution in [3.8, 4) is 22.8 Å². The normalized spacial score (nSPS) is 11.7. The number of carbonyl (C=O) groups excluding carboxylic acids is 1. The van der Waals surface area contributed by atoms with Gasteiger partial charge in [-0.25, -0.2) is 14.2 Å². The molecular weight excluding hydrogens is 431 g/mol. The molecule has 2 heterocycles. The van der Waals surface area contributed by atoms with Crippen LogP contribution in [0.15, 0.2) is 79.1 Å². The molecule has 0 fully saturated rings. The molecule has 2 aromatic heterocycles. The third-order valence-corrected chi connectivity index (χ3v) is 5.49. The molecule has 0 saturated heterocycles. The summed E-state index contributed by atoms with van der Waals surface area (Å²) in [6.45, 7) is 1.66. The largest absolute Gasteiger partial charge is 0.438 e. The molecule has 0 spiro atoms. The van der Waals surface area contributed by atoms with Gasteiger partial charge in [0.15, 0.2) is 0 Å². The lowest BCUT2D eigenvalue weighted by Crippen LogP contribution is -2.19. The number of allylic oxidation sites excluding steroid dienone is 1. The third-order valence-electron chi connectivity index (χ3n) is 5.49. The molecular formula is C27H21FN4O2. The van der Waals surface area contributed by atoms with Gasteiger partial charge in [0.25, 0.3) is 0 Å². The fourth-order valence-electron chi connectivity index (χ4n) is 3.75. The van der Waals surface area contributed by atoms with E-state index in [2.05, 4.69) is 32.8 Å². The Kier molecular flexibility index (Phi) is 5.74. The lowest BCUT2D eigenvalue weighted by molar-refractivity contribution is 0.262. The second kappa shape index (κ2) is 9.15. The highest BCUT2D eigenvalue weighted by molar-refractivity contribution is 5.99. The Hall–Kier alpha value is -4.52. The maximum atomic E-state index is 13.7. The van der Waals surface area contributed by atoms with Crippen molar-refractivity contribution >= 4 is 23.5 Å². The Morgan fingerprint density at radius 2 is 1.74 bits per heavy atom. The molecule has 1 aliphatic rings. The monoisotopic (exact) mass is 452 g/mol. The van der Waals surface area contributed by atoms with Gasteiger partial charge in [-0.3, -0.25) is 4.98 Å². The zero-order chi connectivity index (χ0) is 23.5. The number of hydrogen-bond donors (Lipinski definition) is 2. The number of carbonyl (C=O) groups is 1. The van der Waals surface area contributed by atoms with E-state index in [9.17, 15) is 9.18 Å². The van der Waals surface area contributed by atoms with Crippen LogP contribution < -0.4 is 15.4 Å². The smallest absolute Gasteiger partial charge is 0.323 e. The summed E-state index contributed by atoms with van der Waals surface area (Å²) >= 11 is 0. The van der Waals surface area contributed by atoms with Gasteiger partial charge in [-0.15, -0.1) is 0 Å². The Bertz CT molecular complexity index is 1400. The van der Waals surface area contributed by atoms with Gasteiger partial charge < -0.3 is 15.4 Å². The van der Waals surface area contributed by atoms with Crippen LogP contribution in [0.3, 0.4) is 0 Å². The minimum absolute atomic E-state index is 0.374. The number of aromatic nitrogens is 2. The summed E-state index contributed by atoms with van der Waals surface area (Å²) in [6.07, 6.45) is 8.47. The quantitative estimate of drug-likeness (QED) is 0.358. The summed E-state index contributed by atoms with van der Waals surface area (Å²) in [6, 6.07) is 16.8. The van der Waals surface area contributed by atoms with Crippen molar-refractivity contribution in [1.82, 2.24) is 9.97 Å². The fraction of sp³-hybridized carbons (Fsp3) is 0.0741. The predicted octanol–water partition coefficient (Wildman–Crippen LogP) is 6.60. The number of nitrogens with zero attached hydrogens (tertiary/aromatic N) is 2. The van der Waals surface area contributed by atoms with Gasteiger partial charge in [0.1, 0.15) is 11.6 Å². The number of rotatable bonds is 5. The van der Waals surface area contributed by atoms with E-state index >= 15 is 0 Å². The van der Waals surface area contributed by atoms with E-state index in [1.165, 1.54) is 6.07 Å². The number of hydrogen-bond acceptors (Lipinski definition) is 4. The highest BCUT2D eigenvalue weighted by atomic mass is 19.1. The Labute approximate surface area is 196 Å². The van der Waals surface area contributed by atoms with Crippen LogP contribution in [-0.4, -0.2) is 16.0 Å². The van der Waals surface area contributed by atoms with E-state index in [1.54, 1.807) is 55.7 Å². The summed E-state index contributed by atoms with van der Waals surface area (Å²) in [5.74, 6) is 0.685. The van der Waals surface area contributed by atoms with Gasteiger partial charge >= 0.3 is 6.03 Å². The van der Waals surface area contributed by atoms with Crippen LogP contribution in [0, 0.1) is 12.7 Å². The zero-order valence-electron chi connectivity index (χ0n) is 18.4. The van der Waals surface area contributed by atoms with Crippen LogP contribution in [0.4, 0.5) is 20.6 Å². The molecule has 0 bridgehead atoms. The third kappa shape index (κ3) is 4.49. The van der Waals surface area contributed by atoms with Gasteiger partial charge in [-0.1, -0.05) is 18.2 Å². The van der Waals surface area contributed by atoms with Crippen molar-refractivity contribution in [2.75, 3.05) is 10.6 Å². The Balaban J connectivity index is 1.29. The second-order valence-corrected chi connectivity index (χ2v) is 7.85. The number of pyridine rings is 2. The molecule has 7 heteroatoms. The molecule has 0 atom stereocenters. The number of ether oxygens (including phenoxy) is 1. The first-order valence-electron chi connectivity index (χ1n) is 10.8.